The van der Waals surface area contributed by atoms with E-state index >= 15 is 0 Å². The molecular formula is C53H60N4O7S2. The molecule has 8 aliphatic rings. The number of hydrogen-bond donors (Lipinski definition) is 6. The first-order chi connectivity index (χ1) is 32.1. The number of esters is 1. The van der Waals surface area contributed by atoms with Crippen LogP contribution in [0.4, 0.5) is 0 Å². The van der Waals surface area contributed by atoms with Gasteiger partial charge in [-0.2, -0.15) is 0 Å². The lowest BCUT2D eigenvalue weighted by Crippen LogP contribution is -2.49. The molecule has 6 bridgehead atoms. The Kier molecular flexibility index (Phi) is 11.8. The van der Waals surface area contributed by atoms with Gasteiger partial charge in [-0.3, -0.25) is 4.79 Å². The van der Waals surface area contributed by atoms with Gasteiger partial charge in [-0.1, -0.05) is 64.3 Å². The fraction of sp³-hybridized carbons (Fsp3) is 0.491. The van der Waals surface area contributed by atoms with Crippen molar-refractivity contribution in [3.63, 3.8) is 0 Å². The van der Waals surface area contributed by atoms with E-state index in [1.807, 2.05) is 40.8 Å². The summed E-state index contributed by atoms with van der Waals surface area (Å²) in [5.74, 6) is 11.4. The zero-order chi connectivity index (χ0) is 45.3. The molecule has 13 heteroatoms. The fourth-order valence-electron chi connectivity index (χ4n) is 12.7. The molecule has 5 heterocycles. The van der Waals surface area contributed by atoms with Gasteiger partial charge in [-0.25, -0.2) is 0 Å². The quantitative estimate of drug-likeness (QED) is 0.0828. The number of ether oxygens (including phenoxy) is 4. The highest BCUT2D eigenvalue weighted by Gasteiger charge is 2.51. The Balaban J connectivity index is 1.16. The van der Waals surface area contributed by atoms with Crippen LogP contribution in [0, 0.1) is 23.7 Å². The van der Waals surface area contributed by atoms with E-state index in [2.05, 4.69) is 58.2 Å². The number of phenolic OH excluding ortho intramolecular Hbond substituents is 2. The second kappa shape index (κ2) is 17.7. The predicted molar refractivity (Wildman–Crippen MR) is 261 cm³/mol. The molecule has 9 atom stereocenters. The molecule has 3 aromatic carbocycles. The molecule has 11 nitrogen and oxygen atoms in total. The monoisotopic (exact) mass is 928 g/mol. The number of methoxy groups -OCH3 is 1. The minimum absolute atomic E-state index is 0.0904. The third-order valence-electron chi connectivity index (χ3n) is 15.5. The minimum Gasteiger partial charge on any atom is -0.508 e. The second-order valence-corrected chi connectivity index (χ2v) is 22.3. The highest BCUT2D eigenvalue weighted by Crippen LogP contribution is 2.63. The summed E-state index contributed by atoms with van der Waals surface area (Å²) in [6.07, 6.45) is 16.7. The second-order valence-electron chi connectivity index (χ2n) is 19.7. The topological polar surface area (TPSA) is 157 Å². The summed E-state index contributed by atoms with van der Waals surface area (Å²) < 4.78 is 26.9. The summed E-state index contributed by atoms with van der Waals surface area (Å²) in [7, 11) is 7.34. The maximum absolute atomic E-state index is 12.8. The van der Waals surface area contributed by atoms with Crippen molar-refractivity contribution in [2.24, 2.45) is 17.6 Å². The van der Waals surface area contributed by atoms with E-state index in [1.165, 1.54) is 19.8 Å². The molecule has 0 radical (unpaired) electrons. The molecule has 346 valence electrons. The van der Waals surface area contributed by atoms with Crippen molar-refractivity contribution in [1.82, 2.24) is 16.0 Å². The molecule has 11 rings (SSSR count). The van der Waals surface area contributed by atoms with Crippen LogP contribution in [0.15, 0.2) is 53.8 Å². The summed E-state index contributed by atoms with van der Waals surface area (Å²) in [6.45, 7) is 1.90. The van der Waals surface area contributed by atoms with E-state index < -0.39 is 12.0 Å². The molecule has 3 fully saturated rings. The van der Waals surface area contributed by atoms with Gasteiger partial charge in [0.25, 0.3) is 0 Å². The van der Waals surface area contributed by atoms with E-state index in [4.69, 9.17) is 24.7 Å². The largest absolute Gasteiger partial charge is 0.508 e. The van der Waals surface area contributed by atoms with Crippen LogP contribution in [-0.4, -0.2) is 72.8 Å². The van der Waals surface area contributed by atoms with Crippen molar-refractivity contribution >= 4 is 33.6 Å². The normalized spacial score (nSPS) is 30.1. The maximum Gasteiger partial charge on any atom is 0.302 e. The number of fused-ring (bicyclic) bond motifs is 11. The molecular weight excluding hydrogens is 869 g/mol. The number of hydrogen-bond acceptors (Lipinski definition) is 13. The summed E-state index contributed by atoms with van der Waals surface area (Å²) in [4.78, 5) is 12.8. The summed E-state index contributed by atoms with van der Waals surface area (Å²) in [5.41, 5.74) is 16.5. The zero-order valence-corrected chi connectivity index (χ0v) is 39.6. The van der Waals surface area contributed by atoms with Crippen LogP contribution in [0.5, 0.6) is 28.7 Å². The van der Waals surface area contributed by atoms with E-state index in [1.54, 1.807) is 13.2 Å². The van der Waals surface area contributed by atoms with Gasteiger partial charge >= 0.3 is 5.97 Å². The van der Waals surface area contributed by atoms with E-state index in [-0.39, 0.29) is 47.8 Å². The van der Waals surface area contributed by atoms with Crippen molar-refractivity contribution in [2.75, 3.05) is 32.3 Å². The third-order valence-corrected chi connectivity index (χ3v) is 18.1. The van der Waals surface area contributed by atoms with Gasteiger partial charge in [-0.15, -0.1) is 0 Å². The van der Waals surface area contributed by atoms with Gasteiger partial charge in [0.15, 0.2) is 11.5 Å². The Morgan fingerprint density at radius 2 is 1.95 bits per heavy atom. The average Bonchev–Trinajstić information content (AvgIpc) is 3.81. The SMILES string of the molecule is CNCc1c(O)c2c(c3c1CC#CC1=C(C=CC(N)N1)C[C@H]1CC[C@]4(Cc5cc(O)cc(OC)c5-c5ccc6c(c54)O[C@H]3[C@H]6COC(C)=O)C1)C=C[C@@H]1N[C@H]3CCC[C@H](CSSC[C@H]1O2)C3. The number of benzene rings is 3. The minimum atomic E-state index is -0.642. The lowest BCUT2D eigenvalue weighted by atomic mass is 9.65. The summed E-state index contributed by atoms with van der Waals surface area (Å²) in [6, 6.07) is 8.24. The fourth-order valence-corrected chi connectivity index (χ4v) is 15.4. The van der Waals surface area contributed by atoms with Crippen LogP contribution in [0.1, 0.15) is 109 Å². The molecule has 0 amide bonds. The van der Waals surface area contributed by atoms with Crippen LogP contribution < -0.4 is 35.9 Å². The Morgan fingerprint density at radius 1 is 1.08 bits per heavy atom. The van der Waals surface area contributed by atoms with Gasteiger partial charge in [0.2, 0.25) is 0 Å². The van der Waals surface area contributed by atoms with Crippen molar-refractivity contribution in [3.05, 3.63) is 92.7 Å². The van der Waals surface area contributed by atoms with Crippen molar-refractivity contribution < 1.29 is 34.0 Å². The van der Waals surface area contributed by atoms with Crippen molar-refractivity contribution in [1.29, 1.82) is 0 Å². The van der Waals surface area contributed by atoms with Gasteiger partial charge in [0, 0.05) is 82.3 Å². The van der Waals surface area contributed by atoms with Crippen molar-refractivity contribution in [3.8, 4) is 51.7 Å². The summed E-state index contributed by atoms with van der Waals surface area (Å²) >= 11 is 0. The molecule has 1 saturated heterocycles. The Bertz CT molecular complexity index is 2630. The van der Waals surface area contributed by atoms with Gasteiger partial charge in [-0.05, 0) is 111 Å². The van der Waals surface area contributed by atoms with Crippen LogP contribution in [-0.2, 0) is 34.3 Å². The van der Waals surface area contributed by atoms with Crippen LogP contribution in [0.25, 0.3) is 17.2 Å². The Morgan fingerprint density at radius 3 is 2.80 bits per heavy atom. The molecule has 3 aromatic rings. The number of phenols is 2. The molecule has 7 N–H and O–H groups in total. The molecule has 2 saturated carbocycles. The predicted octanol–water partition coefficient (Wildman–Crippen LogP) is 8.20. The van der Waals surface area contributed by atoms with E-state index in [0.717, 1.165) is 112 Å². The standard InChI is InChI=1S/C53H60N4O7S2/c1-28(58)62-25-40-36-11-12-37-46-32(20-34(59)21-43(46)61-3)23-53-17-16-29(22-53)18-31-10-15-45(54)57-41(31)9-5-8-35-39(24-55-2)49(60)52-38(47(35)50(40)64-51(36)48(37)53)13-14-42-44(63-52)27-66-65-26-30-6-4-7-33(19-30)56-42/h10-15,20-21,29-30,33,40,42,44-45,50,55-57,59-60H,4,6-8,16-19,22-27,54H2,1-3H3/t29-,30+,33+,40+,42+,44-,45?,50+,53-/m1/s1. The van der Waals surface area contributed by atoms with Crippen LogP contribution >= 0.6 is 21.6 Å². The highest BCUT2D eigenvalue weighted by molar-refractivity contribution is 8.76. The molecule has 5 aliphatic heterocycles. The molecule has 1 spiro atoms. The average molecular weight is 929 g/mol. The van der Waals surface area contributed by atoms with Gasteiger partial charge in [0.05, 0.1) is 30.9 Å². The number of carbonyl (C=O) groups excluding carboxylic acids is 1. The maximum atomic E-state index is 12.8. The third kappa shape index (κ3) is 7.74. The highest BCUT2D eigenvalue weighted by atomic mass is 33.1. The number of carbonyl (C=O) groups is 1. The molecule has 0 aromatic heterocycles. The van der Waals surface area contributed by atoms with Crippen molar-refractivity contribution in [2.45, 2.75) is 119 Å². The van der Waals surface area contributed by atoms with Gasteiger partial charge < -0.3 is 50.8 Å². The lowest BCUT2D eigenvalue weighted by molar-refractivity contribution is -0.141. The number of nitrogens with one attached hydrogen (secondary N) is 3. The number of dihydropyridines is 1. The van der Waals surface area contributed by atoms with Gasteiger partial charge in [0.1, 0.15) is 36.1 Å². The van der Waals surface area contributed by atoms with Crippen LogP contribution in [0.3, 0.4) is 0 Å². The molecule has 66 heavy (non-hydrogen) atoms. The van der Waals surface area contributed by atoms with E-state index in [9.17, 15) is 15.0 Å². The number of rotatable bonds is 5. The summed E-state index contributed by atoms with van der Waals surface area (Å²) in [5, 5.41) is 34.5. The first-order valence-electron chi connectivity index (χ1n) is 23.8. The number of nitrogens with two attached hydrogens (primary N) is 1. The first kappa shape index (κ1) is 43.8. The smallest absolute Gasteiger partial charge is 0.302 e. The molecule has 3 aliphatic carbocycles. The van der Waals surface area contributed by atoms with Crippen LogP contribution in [0.2, 0.25) is 0 Å². The number of aromatic hydroxyl groups is 2. The number of allylic oxidation sites excluding steroid dienone is 3. The lowest BCUT2D eigenvalue weighted by Gasteiger charge is -2.39. The van der Waals surface area contributed by atoms with E-state index in [0.29, 0.717) is 54.3 Å². The molecule has 1 unspecified atom stereocenters. The Labute approximate surface area is 395 Å². The zero-order valence-electron chi connectivity index (χ0n) is 38.0. The first-order valence-corrected chi connectivity index (χ1v) is 26.3. The Hall–Kier alpha value is -4.71.